The smallest absolute Gasteiger partial charge is 0.255 e. The standard InChI is InChI=1S/C14H11F2NO2/c1-19-11-5-2-9(3-6-11)14(18)17-13-8-10(15)4-7-12(13)16/h2-8H,1H3,(H,17,18). The average Bonchev–Trinajstić information content (AvgIpc) is 2.43. The first-order valence-electron chi connectivity index (χ1n) is 5.50. The molecule has 3 nitrogen and oxygen atoms in total. The molecule has 0 fully saturated rings. The predicted octanol–water partition coefficient (Wildman–Crippen LogP) is 3.23. The Morgan fingerprint density at radius 3 is 2.42 bits per heavy atom. The molecule has 0 aliphatic rings. The Morgan fingerprint density at radius 1 is 1.11 bits per heavy atom. The average molecular weight is 263 g/mol. The van der Waals surface area contributed by atoms with E-state index in [1.807, 2.05) is 0 Å². The second kappa shape index (κ2) is 5.48. The number of benzene rings is 2. The number of hydrogen-bond acceptors (Lipinski definition) is 2. The van der Waals surface area contributed by atoms with Crippen molar-refractivity contribution in [1.29, 1.82) is 0 Å². The van der Waals surface area contributed by atoms with Crippen molar-refractivity contribution in [3.8, 4) is 5.75 Å². The van der Waals surface area contributed by atoms with Gasteiger partial charge < -0.3 is 10.1 Å². The van der Waals surface area contributed by atoms with Crippen LogP contribution in [0.4, 0.5) is 14.5 Å². The monoisotopic (exact) mass is 263 g/mol. The highest BCUT2D eigenvalue weighted by atomic mass is 19.1. The molecule has 1 amide bonds. The van der Waals surface area contributed by atoms with Crippen LogP contribution in [0.2, 0.25) is 0 Å². The maximum atomic E-state index is 13.4. The number of methoxy groups -OCH3 is 1. The van der Waals surface area contributed by atoms with Gasteiger partial charge in [-0.1, -0.05) is 0 Å². The van der Waals surface area contributed by atoms with Crippen molar-refractivity contribution in [2.24, 2.45) is 0 Å². The van der Waals surface area contributed by atoms with Gasteiger partial charge in [0, 0.05) is 11.6 Å². The molecule has 0 aliphatic carbocycles. The van der Waals surface area contributed by atoms with Gasteiger partial charge >= 0.3 is 0 Å². The Balaban J connectivity index is 2.18. The van der Waals surface area contributed by atoms with Gasteiger partial charge in [-0.25, -0.2) is 8.78 Å². The molecule has 2 aromatic carbocycles. The number of amides is 1. The van der Waals surface area contributed by atoms with Crippen LogP contribution in [0.5, 0.6) is 5.75 Å². The minimum absolute atomic E-state index is 0.194. The van der Waals surface area contributed by atoms with Crippen molar-refractivity contribution in [3.05, 3.63) is 59.7 Å². The first-order valence-corrected chi connectivity index (χ1v) is 5.50. The summed E-state index contributed by atoms with van der Waals surface area (Å²) in [7, 11) is 1.51. The van der Waals surface area contributed by atoms with Crippen LogP contribution in [0.3, 0.4) is 0 Å². The zero-order valence-corrected chi connectivity index (χ0v) is 10.1. The molecule has 2 aromatic rings. The molecule has 5 heteroatoms. The van der Waals surface area contributed by atoms with Crippen LogP contribution in [0.25, 0.3) is 0 Å². The number of rotatable bonds is 3. The lowest BCUT2D eigenvalue weighted by atomic mass is 10.2. The summed E-state index contributed by atoms with van der Waals surface area (Å²) in [5.41, 5.74) is 0.130. The van der Waals surface area contributed by atoms with E-state index in [-0.39, 0.29) is 5.69 Å². The van der Waals surface area contributed by atoms with Crippen molar-refractivity contribution in [1.82, 2.24) is 0 Å². The molecule has 0 aliphatic heterocycles. The fourth-order valence-electron chi connectivity index (χ4n) is 1.53. The molecule has 19 heavy (non-hydrogen) atoms. The highest BCUT2D eigenvalue weighted by Gasteiger charge is 2.10. The van der Waals surface area contributed by atoms with Crippen molar-refractivity contribution in [3.63, 3.8) is 0 Å². The maximum absolute atomic E-state index is 13.4. The lowest BCUT2D eigenvalue weighted by Gasteiger charge is -2.07. The number of carbonyl (C=O) groups is 1. The van der Waals surface area contributed by atoms with E-state index < -0.39 is 17.5 Å². The number of ether oxygens (including phenoxy) is 1. The summed E-state index contributed by atoms with van der Waals surface area (Å²) < 4.78 is 31.3. The zero-order chi connectivity index (χ0) is 13.8. The normalized spacial score (nSPS) is 10.1. The van der Waals surface area contributed by atoms with Crippen molar-refractivity contribution in [2.75, 3.05) is 12.4 Å². The number of nitrogens with one attached hydrogen (secondary N) is 1. The molecular formula is C14H11F2NO2. The van der Waals surface area contributed by atoms with Crippen LogP contribution in [0.1, 0.15) is 10.4 Å². The Labute approximate surface area is 108 Å². The molecule has 0 bridgehead atoms. The molecule has 0 unspecified atom stereocenters. The summed E-state index contributed by atoms with van der Waals surface area (Å²) >= 11 is 0. The summed E-state index contributed by atoms with van der Waals surface area (Å²) in [4.78, 5) is 11.8. The molecule has 98 valence electrons. The highest BCUT2D eigenvalue weighted by molar-refractivity contribution is 6.04. The SMILES string of the molecule is COc1ccc(C(=O)Nc2cc(F)ccc2F)cc1. The Bertz CT molecular complexity index is 597. The summed E-state index contributed by atoms with van der Waals surface area (Å²) in [5.74, 6) is -1.23. The third-order valence-corrected chi connectivity index (χ3v) is 2.53. The Kier molecular flexibility index (Phi) is 3.75. The zero-order valence-electron chi connectivity index (χ0n) is 10.1. The molecule has 0 saturated carbocycles. The van der Waals surface area contributed by atoms with Crippen LogP contribution >= 0.6 is 0 Å². The van der Waals surface area contributed by atoms with E-state index in [9.17, 15) is 13.6 Å². The highest BCUT2D eigenvalue weighted by Crippen LogP contribution is 2.17. The van der Waals surface area contributed by atoms with E-state index in [0.717, 1.165) is 18.2 Å². The van der Waals surface area contributed by atoms with Crippen LogP contribution in [-0.4, -0.2) is 13.0 Å². The van der Waals surface area contributed by atoms with E-state index in [0.29, 0.717) is 11.3 Å². The predicted molar refractivity (Wildman–Crippen MR) is 67.3 cm³/mol. The quantitative estimate of drug-likeness (QED) is 0.923. The molecular weight excluding hydrogens is 252 g/mol. The minimum Gasteiger partial charge on any atom is -0.497 e. The molecule has 0 spiro atoms. The number of halogens is 2. The summed E-state index contributed by atoms with van der Waals surface area (Å²) in [6.45, 7) is 0. The van der Waals surface area contributed by atoms with Gasteiger partial charge in [0.05, 0.1) is 12.8 Å². The van der Waals surface area contributed by atoms with Gasteiger partial charge in [0.2, 0.25) is 0 Å². The van der Waals surface area contributed by atoms with Crippen molar-refractivity contribution < 1.29 is 18.3 Å². The molecule has 0 radical (unpaired) electrons. The molecule has 0 atom stereocenters. The van der Waals surface area contributed by atoms with Crippen molar-refractivity contribution >= 4 is 11.6 Å². The fraction of sp³-hybridized carbons (Fsp3) is 0.0714. The largest absolute Gasteiger partial charge is 0.497 e. The van der Waals surface area contributed by atoms with Gasteiger partial charge in [-0.05, 0) is 36.4 Å². The molecule has 1 N–H and O–H groups in total. The number of anilines is 1. The lowest BCUT2D eigenvalue weighted by molar-refractivity contribution is 0.102. The van der Waals surface area contributed by atoms with Crippen LogP contribution in [0, 0.1) is 11.6 Å². The van der Waals surface area contributed by atoms with Gasteiger partial charge in [-0.15, -0.1) is 0 Å². The van der Waals surface area contributed by atoms with Crippen LogP contribution in [-0.2, 0) is 0 Å². The van der Waals surface area contributed by atoms with Gasteiger partial charge in [0.15, 0.2) is 0 Å². The van der Waals surface area contributed by atoms with Gasteiger partial charge in [0.1, 0.15) is 17.4 Å². The van der Waals surface area contributed by atoms with E-state index in [1.165, 1.54) is 19.2 Å². The van der Waals surface area contributed by atoms with Gasteiger partial charge in [-0.2, -0.15) is 0 Å². The van der Waals surface area contributed by atoms with Crippen LogP contribution < -0.4 is 10.1 Å². The summed E-state index contributed by atoms with van der Waals surface area (Å²) in [6.07, 6.45) is 0. The molecule has 0 heterocycles. The van der Waals surface area contributed by atoms with Gasteiger partial charge in [0.25, 0.3) is 5.91 Å². The Hall–Kier alpha value is -2.43. The summed E-state index contributed by atoms with van der Waals surface area (Å²) in [6, 6.07) is 9.15. The number of hydrogen-bond donors (Lipinski definition) is 1. The third kappa shape index (κ3) is 3.07. The van der Waals surface area contributed by atoms with Gasteiger partial charge in [-0.3, -0.25) is 4.79 Å². The van der Waals surface area contributed by atoms with Crippen molar-refractivity contribution in [2.45, 2.75) is 0 Å². The Morgan fingerprint density at radius 2 is 1.79 bits per heavy atom. The van der Waals surface area contributed by atoms with E-state index in [1.54, 1.807) is 12.1 Å². The summed E-state index contributed by atoms with van der Waals surface area (Å²) in [5, 5.41) is 2.31. The second-order valence-electron chi connectivity index (χ2n) is 3.81. The van der Waals surface area contributed by atoms with Crippen LogP contribution in [0.15, 0.2) is 42.5 Å². The first-order chi connectivity index (χ1) is 9.10. The van der Waals surface area contributed by atoms with E-state index in [2.05, 4.69) is 5.32 Å². The third-order valence-electron chi connectivity index (χ3n) is 2.53. The lowest BCUT2D eigenvalue weighted by Crippen LogP contribution is -2.13. The maximum Gasteiger partial charge on any atom is 0.255 e. The number of carbonyl (C=O) groups excluding carboxylic acids is 1. The molecule has 0 saturated heterocycles. The van der Waals surface area contributed by atoms with E-state index >= 15 is 0 Å². The fourth-order valence-corrected chi connectivity index (χ4v) is 1.53. The van der Waals surface area contributed by atoms with E-state index in [4.69, 9.17) is 4.74 Å². The first kappa shape index (κ1) is 13.0. The minimum atomic E-state index is -0.691. The molecule has 2 rings (SSSR count). The molecule has 0 aromatic heterocycles. The topological polar surface area (TPSA) is 38.3 Å². The second-order valence-corrected chi connectivity index (χ2v) is 3.81.